The first-order chi connectivity index (χ1) is 13.8. The lowest BCUT2D eigenvalue weighted by Gasteiger charge is -2.15. The maximum Gasteiger partial charge on any atom is 0.283 e. The molecule has 3 aromatic carbocycles. The summed E-state index contributed by atoms with van der Waals surface area (Å²) < 4.78 is 0. The number of carbonyl (C=O) groups is 2. The number of nitro groups is 1. The number of fused-ring (bicyclic) bond motifs is 1. The van der Waals surface area contributed by atoms with Crippen molar-refractivity contribution in [2.24, 2.45) is 5.73 Å². The lowest BCUT2D eigenvalue weighted by atomic mass is 10.0. The predicted octanol–water partition coefficient (Wildman–Crippen LogP) is 3.82. The van der Waals surface area contributed by atoms with E-state index in [4.69, 9.17) is 5.73 Å². The number of hydrogen-bond acceptors (Lipinski definition) is 5. The normalized spacial score (nSPS) is 11.8. The van der Waals surface area contributed by atoms with E-state index in [1.807, 2.05) is 49.4 Å². The third kappa shape index (κ3) is 4.91. The maximum atomic E-state index is 12.3. The molecule has 8 heteroatoms. The highest BCUT2D eigenvalue weighted by molar-refractivity contribution is 8.00. The van der Waals surface area contributed by atoms with Crippen LogP contribution in [-0.2, 0) is 4.79 Å². The fourth-order valence-corrected chi connectivity index (χ4v) is 3.74. The van der Waals surface area contributed by atoms with Crippen LogP contribution < -0.4 is 11.1 Å². The third-order valence-electron chi connectivity index (χ3n) is 4.45. The van der Waals surface area contributed by atoms with Crippen molar-refractivity contribution in [1.29, 1.82) is 0 Å². The molecule has 0 aliphatic heterocycles. The van der Waals surface area contributed by atoms with Gasteiger partial charge in [-0.3, -0.25) is 19.7 Å². The van der Waals surface area contributed by atoms with Crippen molar-refractivity contribution in [2.75, 3.05) is 5.75 Å². The first-order valence-corrected chi connectivity index (χ1v) is 9.83. The van der Waals surface area contributed by atoms with E-state index in [1.165, 1.54) is 12.1 Å². The van der Waals surface area contributed by atoms with Crippen LogP contribution in [0.4, 0.5) is 5.69 Å². The highest BCUT2D eigenvalue weighted by Crippen LogP contribution is 2.30. The summed E-state index contributed by atoms with van der Waals surface area (Å²) in [6.45, 7) is 1.89. The molecule has 0 saturated carbocycles. The molecule has 0 aromatic heterocycles. The molecule has 1 unspecified atom stereocenters. The van der Waals surface area contributed by atoms with Gasteiger partial charge in [0.15, 0.2) is 0 Å². The zero-order valence-corrected chi connectivity index (χ0v) is 16.4. The molecule has 0 aliphatic carbocycles. The van der Waals surface area contributed by atoms with Gasteiger partial charge in [-0.25, -0.2) is 0 Å². The predicted molar refractivity (Wildman–Crippen MR) is 113 cm³/mol. The number of amides is 2. The van der Waals surface area contributed by atoms with Crippen molar-refractivity contribution in [3.63, 3.8) is 0 Å². The van der Waals surface area contributed by atoms with Gasteiger partial charge >= 0.3 is 0 Å². The Kier molecular flexibility index (Phi) is 6.13. The Morgan fingerprint density at radius 2 is 1.83 bits per heavy atom. The van der Waals surface area contributed by atoms with Crippen molar-refractivity contribution in [2.45, 2.75) is 17.9 Å². The largest absolute Gasteiger partial charge is 0.366 e. The lowest BCUT2D eigenvalue weighted by molar-refractivity contribution is -0.387. The number of nitro benzene ring substituents is 1. The second-order valence-electron chi connectivity index (χ2n) is 6.49. The van der Waals surface area contributed by atoms with Crippen molar-refractivity contribution >= 4 is 40.0 Å². The quantitative estimate of drug-likeness (QED) is 0.350. The minimum atomic E-state index is -0.744. The maximum absolute atomic E-state index is 12.3. The van der Waals surface area contributed by atoms with Crippen molar-refractivity contribution in [3.8, 4) is 0 Å². The van der Waals surface area contributed by atoms with E-state index in [0.29, 0.717) is 4.90 Å². The molecule has 0 fully saturated rings. The fraction of sp³-hybridized carbons (Fsp3) is 0.143. The van der Waals surface area contributed by atoms with Gasteiger partial charge in [0.1, 0.15) is 0 Å². The average molecular weight is 409 g/mol. The van der Waals surface area contributed by atoms with Gasteiger partial charge in [-0.15, -0.1) is 11.8 Å². The van der Waals surface area contributed by atoms with Gasteiger partial charge in [0, 0.05) is 11.6 Å². The van der Waals surface area contributed by atoms with Crippen LogP contribution in [0, 0.1) is 10.1 Å². The van der Waals surface area contributed by atoms with Crippen molar-refractivity contribution in [1.82, 2.24) is 5.32 Å². The van der Waals surface area contributed by atoms with Crippen molar-refractivity contribution in [3.05, 3.63) is 81.9 Å². The zero-order valence-electron chi connectivity index (χ0n) is 15.6. The number of benzene rings is 3. The number of nitrogens with one attached hydrogen (secondary N) is 1. The molecule has 0 radical (unpaired) electrons. The minimum absolute atomic E-state index is 0.00861. The first-order valence-electron chi connectivity index (χ1n) is 8.84. The van der Waals surface area contributed by atoms with E-state index >= 15 is 0 Å². The number of carbonyl (C=O) groups excluding carboxylic acids is 2. The Hall–Kier alpha value is -3.39. The smallest absolute Gasteiger partial charge is 0.283 e. The SMILES string of the molecule is CC(NC(=O)CSc1ccc(C(N)=O)cc1[N+](=O)[O-])c1ccc2ccccc2c1. The van der Waals surface area contributed by atoms with Crippen molar-refractivity contribution < 1.29 is 14.5 Å². The summed E-state index contributed by atoms with van der Waals surface area (Å²) in [5, 5.41) is 16.4. The van der Waals surface area contributed by atoms with E-state index in [9.17, 15) is 19.7 Å². The molecule has 2 amide bonds. The van der Waals surface area contributed by atoms with E-state index in [-0.39, 0.29) is 29.0 Å². The first kappa shape index (κ1) is 20.3. The zero-order chi connectivity index (χ0) is 21.0. The van der Waals surface area contributed by atoms with Gasteiger partial charge in [0.05, 0.1) is 21.6 Å². The van der Waals surface area contributed by atoms with E-state index in [1.54, 1.807) is 0 Å². The molecule has 148 valence electrons. The molecule has 3 N–H and O–H groups in total. The summed E-state index contributed by atoms with van der Waals surface area (Å²) in [6.07, 6.45) is 0. The molecule has 0 aliphatic rings. The van der Waals surface area contributed by atoms with Gasteiger partial charge < -0.3 is 11.1 Å². The Balaban J connectivity index is 1.66. The summed E-state index contributed by atoms with van der Waals surface area (Å²) >= 11 is 1.04. The minimum Gasteiger partial charge on any atom is -0.366 e. The number of thioether (sulfide) groups is 1. The highest BCUT2D eigenvalue weighted by Gasteiger charge is 2.18. The lowest BCUT2D eigenvalue weighted by Crippen LogP contribution is -2.28. The topological polar surface area (TPSA) is 115 Å². The van der Waals surface area contributed by atoms with Crippen LogP contribution in [0.2, 0.25) is 0 Å². The monoisotopic (exact) mass is 409 g/mol. The van der Waals surface area contributed by atoms with E-state index in [2.05, 4.69) is 5.32 Å². The summed E-state index contributed by atoms with van der Waals surface area (Å²) in [4.78, 5) is 34.5. The third-order valence-corrected chi connectivity index (χ3v) is 5.51. The molecule has 1 atom stereocenters. The van der Waals surface area contributed by atoms with Gasteiger partial charge in [-0.1, -0.05) is 36.4 Å². The molecule has 0 spiro atoms. The fourth-order valence-electron chi connectivity index (χ4n) is 2.92. The summed E-state index contributed by atoms with van der Waals surface area (Å²) in [5.41, 5.74) is 5.94. The van der Waals surface area contributed by atoms with Gasteiger partial charge in [0.2, 0.25) is 11.8 Å². The number of primary amides is 1. The molecular formula is C21H19N3O4S. The van der Waals surface area contributed by atoms with Crippen LogP contribution in [0.15, 0.2) is 65.6 Å². The number of nitrogens with zero attached hydrogens (tertiary/aromatic N) is 1. The van der Waals surface area contributed by atoms with E-state index < -0.39 is 10.8 Å². The molecule has 3 rings (SSSR count). The average Bonchev–Trinajstić information content (AvgIpc) is 2.71. The second kappa shape index (κ2) is 8.74. The van der Waals surface area contributed by atoms with Crippen LogP contribution in [0.3, 0.4) is 0 Å². The number of hydrogen-bond donors (Lipinski definition) is 2. The van der Waals surface area contributed by atoms with Gasteiger partial charge in [0.25, 0.3) is 5.69 Å². The van der Waals surface area contributed by atoms with Crippen LogP contribution in [0.1, 0.15) is 28.9 Å². The number of nitrogens with two attached hydrogens (primary N) is 1. The van der Waals surface area contributed by atoms with Crippen LogP contribution in [0.5, 0.6) is 0 Å². The molecule has 0 saturated heterocycles. The highest BCUT2D eigenvalue weighted by atomic mass is 32.2. The Labute approximate surface area is 171 Å². The van der Waals surface area contributed by atoms with Gasteiger partial charge in [-0.05, 0) is 41.5 Å². The molecule has 7 nitrogen and oxygen atoms in total. The van der Waals surface area contributed by atoms with Gasteiger partial charge in [-0.2, -0.15) is 0 Å². The molecule has 3 aromatic rings. The molecular weight excluding hydrogens is 390 g/mol. The Morgan fingerprint density at radius 1 is 1.10 bits per heavy atom. The molecule has 0 heterocycles. The number of rotatable bonds is 7. The summed E-state index contributed by atoms with van der Waals surface area (Å²) in [5.74, 6) is -0.982. The van der Waals surface area contributed by atoms with Crippen LogP contribution >= 0.6 is 11.8 Å². The summed E-state index contributed by atoms with van der Waals surface area (Å²) in [6, 6.07) is 17.7. The second-order valence-corrected chi connectivity index (χ2v) is 7.51. The van der Waals surface area contributed by atoms with Crippen LogP contribution in [-0.4, -0.2) is 22.5 Å². The molecule has 0 bridgehead atoms. The Morgan fingerprint density at radius 3 is 2.52 bits per heavy atom. The van der Waals surface area contributed by atoms with Crippen LogP contribution in [0.25, 0.3) is 10.8 Å². The standard InChI is InChI=1S/C21H19N3O4S/c1-13(15-7-6-14-4-2-3-5-16(14)10-15)23-20(25)12-29-19-9-8-17(21(22)26)11-18(19)24(27)28/h2-11,13H,12H2,1H3,(H2,22,26)(H,23,25). The molecule has 29 heavy (non-hydrogen) atoms. The van der Waals surface area contributed by atoms with E-state index in [0.717, 1.165) is 34.2 Å². The Bertz CT molecular complexity index is 1100. The summed E-state index contributed by atoms with van der Waals surface area (Å²) in [7, 11) is 0.